The molecule has 5 nitrogen and oxygen atoms in total. The molecule has 2 bridgehead atoms. The first-order valence-corrected chi connectivity index (χ1v) is 10.2. The average molecular weight is 372 g/mol. The van der Waals surface area contributed by atoms with E-state index in [2.05, 4.69) is 4.98 Å². The number of Topliss-reactive ketones (excluding diaryl/α,β-unsaturated/α-hetero) is 1. The molecular weight excluding hydrogens is 348 g/mol. The number of rotatable bonds is 6. The molecule has 0 N–H and O–H groups in total. The number of carbonyl (C=O) groups is 2. The van der Waals surface area contributed by atoms with E-state index in [1.54, 1.807) is 6.20 Å². The predicted molar refractivity (Wildman–Crippen MR) is 99.8 cm³/mol. The van der Waals surface area contributed by atoms with Gasteiger partial charge in [-0.3, -0.25) is 14.2 Å². The summed E-state index contributed by atoms with van der Waals surface area (Å²) in [6.45, 7) is 3.67. The van der Waals surface area contributed by atoms with Gasteiger partial charge in [0.1, 0.15) is 0 Å². The van der Waals surface area contributed by atoms with Crippen molar-refractivity contribution in [3.8, 4) is 5.13 Å². The van der Waals surface area contributed by atoms with Crippen LogP contribution in [0.4, 0.5) is 0 Å². The first-order chi connectivity index (χ1) is 12.5. The monoisotopic (exact) mass is 372 g/mol. The molecule has 2 saturated carbocycles. The molecular formula is C20H24N2O3S. The molecule has 0 spiro atoms. The van der Waals surface area contributed by atoms with E-state index >= 15 is 0 Å². The Hall–Kier alpha value is -1.95. The maximum absolute atomic E-state index is 12.6. The smallest absolute Gasteiger partial charge is 0.306 e. The number of ketones is 1. The van der Waals surface area contributed by atoms with Crippen LogP contribution in [0, 0.1) is 31.6 Å². The Labute approximate surface area is 157 Å². The first-order valence-electron chi connectivity index (χ1n) is 9.30. The largest absolute Gasteiger partial charge is 0.457 e. The number of ether oxygens (including phenoxy) is 1. The van der Waals surface area contributed by atoms with Crippen molar-refractivity contribution in [2.75, 3.05) is 6.61 Å². The number of fused-ring (bicyclic) bond motifs is 2. The molecule has 2 aliphatic carbocycles. The highest BCUT2D eigenvalue weighted by Crippen LogP contribution is 2.49. The fourth-order valence-electron chi connectivity index (χ4n) is 4.79. The molecule has 0 amide bonds. The predicted octanol–water partition coefficient (Wildman–Crippen LogP) is 4.10. The van der Waals surface area contributed by atoms with Gasteiger partial charge in [0.15, 0.2) is 11.7 Å². The fraction of sp³-hybridized carbons (Fsp3) is 0.550. The van der Waals surface area contributed by atoms with E-state index in [1.165, 1.54) is 30.6 Å². The molecule has 0 aliphatic heterocycles. The lowest BCUT2D eigenvalue weighted by atomic mass is 9.86. The van der Waals surface area contributed by atoms with E-state index in [0.29, 0.717) is 23.8 Å². The Balaban J connectivity index is 1.36. The van der Waals surface area contributed by atoms with Gasteiger partial charge in [-0.15, -0.1) is 11.3 Å². The topological polar surface area (TPSA) is 61.2 Å². The number of hydrogen-bond acceptors (Lipinski definition) is 5. The van der Waals surface area contributed by atoms with Gasteiger partial charge in [-0.1, -0.05) is 6.42 Å². The molecule has 2 aliphatic rings. The maximum Gasteiger partial charge on any atom is 0.306 e. The lowest BCUT2D eigenvalue weighted by Crippen LogP contribution is -2.20. The Morgan fingerprint density at radius 1 is 1.31 bits per heavy atom. The number of nitrogens with zero attached hydrogens (tertiary/aromatic N) is 2. The van der Waals surface area contributed by atoms with Gasteiger partial charge < -0.3 is 4.74 Å². The second kappa shape index (κ2) is 6.99. The van der Waals surface area contributed by atoms with Crippen molar-refractivity contribution in [3.05, 3.63) is 34.6 Å². The molecule has 4 rings (SSSR count). The van der Waals surface area contributed by atoms with Crippen LogP contribution in [0.3, 0.4) is 0 Å². The molecule has 3 atom stereocenters. The number of esters is 1. The van der Waals surface area contributed by atoms with Gasteiger partial charge in [0.2, 0.25) is 5.78 Å². The van der Waals surface area contributed by atoms with Gasteiger partial charge in [0.05, 0.1) is 0 Å². The molecule has 0 aromatic carbocycles. The van der Waals surface area contributed by atoms with E-state index in [0.717, 1.165) is 28.9 Å². The minimum Gasteiger partial charge on any atom is -0.457 e. The summed E-state index contributed by atoms with van der Waals surface area (Å²) in [7, 11) is 0. The third-order valence-corrected chi connectivity index (χ3v) is 6.78. The number of hydrogen-bond donors (Lipinski definition) is 0. The molecule has 2 heterocycles. The van der Waals surface area contributed by atoms with E-state index < -0.39 is 0 Å². The van der Waals surface area contributed by atoms with Crippen LogP contribution in [0.2, 0.25) is 0 Å². The zero-order valence-corrected chi connectivity index (χ0v) is 16.1. The summed E-state index contributed by atoms with van der Waals surface area (Å²) in [5.41, 5.74) is 2.39. The molecule has 2 aromatic rings. The van der Waals surface area contributed by atoms with Crippen LogP contribution in [0.25, 0.3) is 5.13 Å². The van der Waals surface area contributed by atoms with E-state index in [-0.39, 0.29) is 18.4 Å². The van der Waals surface area contributed by atoms with E-state index in [9.17, 15) is 9.59 Å². The van der Waals surface area contributed by atoms with Gasteiger partial charge in [-0.25, -0.2) is 4.98 Å². The standard InChI is InChI=1S/C20H24N2O3S/c1-12-7-17(13(2)22(12)20-21-5-6-26-20)18(23)11-25-19(24)10-16-9-14-3-4-15(16)8-14/h5-7,14-16H,3-4,8-11H2,1-2H3/t14-,15+,16-/m0/s1. The lowest BCUT2D eigenvalue weighted by molar-refractivity contribution is -0.144. The number of aryl methyl sites for hydroxylation is 1. The van der Waals surface area contributed by atoms with Crippen molar-refractivity contribution in [1.29, 1.82) is 0 Å². The SMILES string of the molecule is Cc1cc(C(=O)COC(=O)C[C@@H]2C[C@H]3CC[C@@H]2C3)c(C)n1-c1nccs1. The van der Waals surface area contributed by atoms with Gasteiger partial charge in [0.25, 0.3) is 0 Å². The van der Waals surface area contributed by atoms with Crippen molar-refractivity contribution in [3.63, 3.8) is 0 Å². The quantitative estimate of drug-likeness (QED) is 0.566. The van der Waals surface area contributed by atoms with Crippen LogP contribution in [-0.4, -0.2) is 27.9 Å². The molecule has 2 aromatic heterocycles. The van der Waals surface area contributed by atoms with Crippen LogP contribution < -0.4 is 0 Å². The highest BCUT2D eigenvalue weighted by molar-refractivity contribution is 7.12. The van der Waals surface area contributed by atoms with Crippen LogP contribution in [0.15, 0.2) is 17.6 Å². The highest BCUT2D eigenvalue weighted by Gasteiger charge is 2.40. The molecule has 0 saturated heterocycles. The highest BCUT2D eigenvalue weighted by atomic mass is 32.1. The van der Waals surface area contributed by atoms with Crippen molar-refractivity contribution >= 4 is 23.1 Å². The van der Waals surface area contributed by atoms with Crippen molar-refractivity contribution in [2.45, 2.75) is 46.0 Å². The summed E-state index contributed by atoms with van der Waals surface area (Å²) in [6, 6.07) is 1.85. The van der Waals surface area contributed by atoms with Crippen molar-refractivity contribution < 1.29 is 14.3 Å². The summed E-state index contributed by atoms with van der Waals surface area (Å²) >= 11 is 1.53. The lowest BCUT2D eigenvalue weighted by Gasteiger charge is -2.20. The second-order valence-corrected chi connectivity index (χ2v) is 8.53. The molecule has 6 heteroatoms. The molecule has 0 unspecified atom stereocenters. The van der Waals surface area contributed by atoms with Gasteiger partial charge >= 0.3 is 5.97 Å². The third kappa shape index (κ3) is 3.22. The Morgan fingerprint density at radius 3 is 2.81 bits per heavy atom. The number of carbonyl (C=O) groups excluding carboxylic acids is 2. The van der Waals surface area contributed by atoms with E-state index in [1.807, 2.05) is 29.9 Å². The van der Waals surface area contributed by atoms with Gasteiger partial charge in [0, 0.05) is 34.9 Å². The minimum absolute atomic E-state index is 0.151. The summed E-state index contributed by atoms with van der Waals surface area (Å²) in [4.78, 5) is 29.0. The van der Waals surface area contributed by atoms with Gasteiger partial charge in [-0.2, -0.15) is 0 Å². The zero-order chi connectivity index (χ0) is 18.3. The fourth-order valence-corrected chi connectivity index (χ4v) is 5.54. The summed E-state index contributed by atoms with van der Waals surface area (Å²) < 4.78 is 7.28. The summed E-state index contributed by atoms with van der Waals surface area (Å²) in [5, 5.41) is 2.75. The number of thiazole rings is 1. The van der Waals surface area contributed by atoms with Crippen LogP contribution in [0.5, 0.6) is 0 Å². The Kier molecular flexibility index (Phi) is 4.69. The van der Waals surface area contributed by atoms with Crippen molar-refractivity contribution in [1.82, 2.24) is 9.55 Å². The zero-order valence-electron chi connectivity index (χ0n) is 15.2. The molecule has 26 heavy (non-hydrogen) atoms. The normalized spacial score (nSPS) is 24.2. The van der Waals surface area contributed by atoms with Crippen LogP contribution in [0.1, 0.15) is 53.8 Å². The maximum atomic E-state index is 12.6. The molecule has 138 valence electrons. The molecule has 2 fully saturated rings. The Morgan fingerprint density at radius 2 is 2.15 bits per heavy atom. The summed E-state index contributed by atoms with van der Waals surface area (Å²) in [6.07, 6.45) is 7.22. The Bertz CT molecular complexity index is 824. The minimum atomic E-state index is -0.232. The van der Waals surface area contributed by atoms with Crippen LogP contribution in [-0.2, 0) is 9.53 Å². The molecule has 0 radical (unpaired) electrons. The van der Waals surface area contributed by atoms with E-state index in [4.69, 9.17) is 4.74 Å². The second-order valence-electron chi connectivity index (χ2n) is 7.66. The first kappa shape index (κ1) is 17.5. The average Bonchev–Trinajstić information content (AvgIpc) is 3.37. The van der Waals surface area contributed by atoms with Crippen LogP contribution >= 0.6 is 11.3 Å². The third-order valence-electron chi connectivity index (χ3n) is 6.02. The number of aromatic nitrogens is 2. The van der Waals surface area contributed by atoms with Gasteiger partial charge in [-0.05, 0) is 56.9 Å². The van der Waals surface area contributed by atoms with Crippen molar-refractivity contribution in [2.24, 2.45) is 17.8 Å². The summed E-state index contributed by atoms with van der Waals surface area (Å²) in [5.74, 6) is 1.59.